The molecule has 0 aromatic heterocycles. The number of likely N-dealkylation sites (N-methyl/N-ethyl adjacent to an activating group) is 1. The fraction of sp³-hybridized carbons (Fsp3) is 1.00. The van der Waals surface area contributed by atoms with Crippen LogP contribution in [0.2, 0.25) is 0 Å². The van der Waals surface area contributed by atoms with Crippen molar-refractivity contribution in [3.8, 4) is 0 Å². The third-order valence-electron chi connectivity index (χ3n) is 1.29. The van der Waals surface area contributed by atoms with Gasteiger partial charge in [-0.15, -0.1) is 0 Å². The van der Waals surface area contributed by atoms with Crippen molar-refractivity contribution in [2.45, 2.75) is 6.04 Å². The zero-order chi connectivity index (χ0) is 7.98. The molecular weight excluding hydrogens is 130 g/mol. The maximum Gasteiger partial charge on any atom is 0.0595 e. The summed E-state index contributed by atoms with van der Waals surface area (Å²) in [6.45, 7) is 2.20. The van der Waals surface area contributed by atoms with Crippen LogP contribution >= 0.6 is 0 Å². The highest BCUT2D eigenvalue weighted by Crippen LogP contribution is 1.83. The lowest BCUT2D eigenvalue weighted by Gasteiger charge is -2.18. The first-order valence-electron chi connectivity index (χ1n) is 3.45. The summed E-state index contributed by atoms with van der Waals surface area (Å²) in [5, 5.41) is 8.57. The van der Waals surface area contributed by atoms with E-state index in [9.17, 15) is 0 Å². The Balaban J connectivity index is 3.27. The normalized spacial score (nSPS) is 14.1. The van der Waals surface area contributed by atoms with Crippen LogP contribution in [-0.4, -0.2) is 49.3 Å². The number of aliphatic hydroxyl groups is 1. The van der Waals surface area contributed by atoms with Gasteiger partial charge in [0.2, 0.25) is 0 Å². The van der Waals surface area contributed by atoms with E-state index in [0.717, 1.165) is 6.54 Å². The van der Waals surface area contributed by atoms with E-state index < -0.39 is 0 Å². The van der Waals surface area contributed by atoms with Gasteiger partial charge in [0.1, 0.15) is 0 Å². The van der Waals surface area contributed by atoms with Gasteiger partial charge in [0, 0.05) is 25.7 Å². The highest BCUT2D eigenvalue weighted by Gasteiger charge is 2.03. The number of aliphatic hydroxyl groups excluding tert-OH is 1. The Labute approximate surface area is 61.8 Å². The van der Waals surface area contributed by atoms with E-state index >= 15 is 0 Å². The summed E-state index contributed by atoms with van der Waals surface area (Å²) in [7, 11) is 1.93. The number of nitrogens with two attached hydrogens (primary N) is 2. The molecule has 62 valence electrons. The fourth-order valence-electron chi connectivity index (χ4n) is 0.770. The molecule has 4 heteroatoms. The maximum absolute atomic E-state index is 8.57. The van der Waals surface area contributed by atoms with E-state index in [1.54, 1.807) is 0 Å². The number of hydrogen-bond donors (Lipinski definition) is 3. The second-order valence-electron chi connectivity index (χ2n) is 2.49. The molecule has 0 fully saturated rings. The van der Waals surface area contributed by atoms with Gasteiger partial charge in [0.05, 0.1) is 6.61 Å². The summed E-state index contributed by atoms with van der Waals surface area (Å²) in [5.74, 6) is 0. The van der Waals surface area contributed by atoms with Crippen LogP contribution in [0.25, 0.3) is 0 Å². The van der Waals surface area contributed by atoms with Crippen LogP contribution in [0.5, 0.6) is 0 Å². The molecule has 0 aromatic carbocycles. The summed E-state index contributed by atoms with van der Waals surface area (Å²) in [5.41, 5.74) is 10.8. The summed E-state index contributed by atoms with van der Waals surface area (Å²) in [6.07, 6.45) is 0. The van der Waals surface area contributed by atoms with Crippen LogP contribution < -0.4 is 11.5 Å². The molecule has 0 saturated heterocycles. The SMILES string of the molecule is CN(CCN)CC(N)CO. The van der Waals surface area contributed by atoms with Crippen LogP contribution in [-0.2, 0) is 0 Å². The smallest absolute Gasteiger partial charge is 0.0595 e. The molecule has 0 aromatic rings. The summed E-state index contributed by atoms with van der Waals surface area (Å²) in [4.78, 5) is 2.00. The minimum Gasteiger partial charge on any atom is -0.395 e. The van der Waals surface area contributed by atoms with E-state index in [-0.39, 0.29) is 12.6 Å². The van der Waals surface area contributed by atoms with Crippen LogP contribution in [0, 0.1) is 0 Å². The lowest BCUT2D eigenvalue weighted by molar-refractivity contribution is 0.224. The summed E-state index contributed by atoms with van der Waals surface area (Å²) < 4.78 is 0. The first kappa shape index (κ1) is 9.84. The molecule has 5 N–H and O–H groups in total. The molecule has 10 heavy (non-hydrogen) atoms. The fourth-order valence-corrected chi connectivity index (χ4v) is 0.770. The highest BCUT2D eigenvalue weighted by molar-refractivity contribution is 4.63. The van der Waals surface area contributed by atoms with Gasteiger partial charge >= 0.3 is 0 Å². The number of nitrogens with zero attached hydrogens (tertiary/aromatic N) is 1. The van der Waals surface area contributed by atoms with E-state index in [0.29, 0.717) is 13.1 Å². The first-order valence-corrected chi connectivity index (χ1v) is 3.45. The minimum atomic E-state index is -0.142. The zero-order valence-electron chi connectivity index (χ0n) is 6.45. The second-order valence-corrected chi connectivity index (χ2v) is 2.49. The molecule has 0 amide bonds. The Hall–Kier alpha value is -0.160. The van der Waals surface area contributed by atoms with Gasteiger partial charge in [0.25, 0.3) is 0 Å². The Morgan fingerprint density at radius 2 is 2.20 bits per heavy atom. The summed E-state index contributed by atoms with van der Waals surface area (Å²) >= 11 is 0. The zero-order valence-corrected chi connectivity index (χ0v) is 6.45. The predicted molar refractivity (Wildman–Crippen MR) is 41.6 cm³/mol. The molecule has 0 saturated carbocycles. The monoisotopic (exact) mass is 147 g/mol. The van der Waals surface area contributed by atoms with Crippen molar-refractivity contribution in [2.75, 3.05) is 33.3 Å². The van der Waals surface area contributed by atoms with Crippen molar-refractivity contribution < 1.29 is 5.11 Å². The van der Waals surface area contributed by atoms with E-state index in [2.05, 4.69) is 0 Å². The molecule has 0 rings (SSSR count). The van der Waals surface area contributed by atoms with E-state index in [4.69, 9.17) is 16.6 Å². The van der Waals surface area contributed by atoms with Crippen molar-refractivity contribution >= 4 is 0 Å². The topological polar surface area (TPSA) is 75.5 Å². The van der Waals surface area contributed by atoms with Crippen LogP contribution in [0.4, 0.5) is 0 Å². The quantitative estimate of drug-likeness (QED) is 0.429. The minimum absolute atomic E-state index is 0.0366. The van der Waals surface area contributed by atoms with Gasteiger partial charge < -0.3 is 21.5 Å². The molecule has 0 spiro atoms. The third kappa shape index (κ3) is 4.69. The average molecular weight is 147 g/mol. The van der Waals surface area contributed by atoms with Gasteiger partial charge in [-0.3, -0.25) is 0 Å². The Kier molecular flexibility index (Phi) is 5.52. The van der Waals surface area contributed by atoms with Gasteiger partial charge in [-0.05, 0) is 7.05 Å². The Morgan fingerprint density at radius 3 is 2.60 bits per heavy atom. The van der Waals surface area contributed by atoms with Crippen LogP contribution in [0.15, 0.2) is 0 Å². The molecule has 0 aliphatic heterocycles. The van der Waals surface area contributed by atoms with Gasteiger partial charge in [-0.2, -0.15) is 0 Å². The lowest BCUT2D eigenvalue weighted by atomic mass is 10.3. The van der Waals surface area contributed by atoms with Crippen molar-refractivity contribution in [2.24, 2.45) is 11.5 Å². The predicted octanol–water partition coefficient (Wildman–Crippen LogP) is -1.80. The average Bonchev–Trinajstić information content (AvgIpc) is 1.88. The summed E-state index contributed by atoms with van der Waals surface area (Å²) in [6, 6.07) is -0.142. The standard InChI is InChI=1S/C6H17N3O/c1-9(3-2-7)4-6(8)5-10/h6,10H,2-5,7-8H2,1H3. The largest absolute Gasteiger partial charge is 0.395 e. The Bertz CT molecular complexity index is 79.4. The molecule has 0 bridgehead atoms. The highest BCUT2D eigenvalue weighted by atomic mass is 16.3. The third-order valence-corrected chi connectivity index (χ3v) is 1.29. The molecule has 0 radical (unpaired) electrons. The number of rotatable bonds is 5. The first-order chi connectivity index (χ1) is 4.70. The molecule has 1 atom stereocenters. The van der Waals surface area contributed by atoms with E-state index in [1.165, 1.54) is 0 Å². The Morgan fingerprint density at radius 1 is 1.60 bits per heavy atom. The van der Waals surface area contributed by atoms with Gasteiger partial charge in [0.15, 0.2) is 0 Å². The van der Waals surface area contributed by atoms with Gasteiger partial charge in [-0.25, -0.2) is 0 Å². The second kappa shape index (κ2) is 5.61. The van der Waals surface area contributed by atoms with Crippen molar-refractivity contribution in [3.05, 3.63) is 0 Å². The molecule has 0 aliphatic carbocycles. The lowest BCUT2D eigenvalue weighted by Crippen LogP contribution is -2.39. The van der Waals surface area contributed by atoms with Crippen LogP contribution in [0.3, 0.4) is 0 Å². The molecular formula is C6H17N3O. The van der Waals surface area contributed by atoms with Gasteiger partial charge in [-0.1, -0.05) is 0 Å². The van der Waals surface area contributed by atoms with Crippen LogP contribution in [0.1, 0.15) is 0 Å². The maximum atomic E-state index is 8.57. The molecule has 0 aliphatic rings. The van der Waals surface area contributed by atoms with Crippen molar-refractivity contribution in [1.29, 1.82) is 0 Å². The van der Waals surface area contributed by atoms with Crippen molar-refractivity contribution in [3.63, 3.8) is 0 Å². The number of hydrogen-bond acceptors (Lipinski definition) is 4. The van der Waals surface area contributed by atoms with Crippen molar-refractivity contribution in [1.82, 2.24) is 4.90 Å². The molecule has 4 nitrogen and oxygen atoms in total. The molecule has 0 heterocycles. The molecule has 1 unspecified atom stereocenters. The van der Waals surface area contributed by atoms with E-state index in [1.807, 2.05) is 11.9 Å².